The van der Waals surface area contributed by atoms with Gasteiger partial charge >= 0.3 is 0 Å². The van der Waals surface area contributed by atoms with Crippen LogP contribution >= 0.6 is 0 Å². The molecule has 3 heteroatoms. The second-order valence-corrected chi connectivity index (χ2v) is 7.26. The second-order valence-electron chi connectivity index (χ2n) is 7.26. The molecule has 1 saturated heterocycles. The Morgan fingerprint density at radius 2 is 1.65 bits per heavy atom. The molecule has 118 valence electrons. The lowest BCUT2D eigenvalue weighted by Gasteiger charge is -2.37. The summed E-state index contributed by atoms with van der Waals surface area (Å²) in [4.78, 5) is 14.3. The van der Waals surface area contributed by atoms with Gasteiger partial charge in [0.05, 0.1) is 0 Å². The first-order chi connectivity index (χ1) is 9.38. The lowest BCUT2D eigenvalue weighted by molar-refractivity contribution is -0.140. The fraction of sp³-hybridized carbons (Fsp3) is 0.941. The van der Waals surface area contributed by atoms with E-state index in [-0.39, 0.29) is 5.41 Å². The van der Waals surface area contributed by atoms with E-state index in [2.05, 4.69) is 19.2 Å². The average molecular weight is 282 g/mol. The number of nitrogens with zero attached hydrogens (tertiary/aromatic N) is 1. The van der Waals surface area contributed by atoms with Crippen LogP contribution in [0.25, 0.3) is 0 Å². The van der Waals surface area contributed by atoms with Crippen molar-refractivity contribution < 1.29 is 4.79 Å². The molecule has 1 N–H and O–H groups in total. The van der Waals surface area contributed by atoms with Gasteiger partial charge < -0.3 is 10.2 Å². The summed E-state index contributed by atoms with van der Waals surface area (Å²) in [5, 5.41) is 3.82. The summed E-state index contributed by atoms with van der Waals surface area (Å²) in [6.45, 7) is 12.4. The predicted molar refractivity (Wildman–Crippen MR) is 85.8 cm³/mol. The Morgan fingerprint density at radius 1 is 1.15 bits per heavy atom. The molecule has 0 aromatic rings. The highest BCUT2D eigenvalue weighted by Crippen LogP contribution is 2.21. The van der Waals surface area contributed by atoms with Crippen molar-refractivity contribution >= 4 is 5.91 Å². The Hall–Kier alpha value is -0.570. The van der Waals surface area contributed by atoms with E-state index in [1.54, 1.807) is 0 Å². The Kier molecular flexibility index (Phi) is 7.01. The van der Waals surface area contributed by atoms with Crippen LogP contribution in [0.2, 0.25) is 0 Å². The first kappa shape index (κ1) is 17.5. The lowest BCUT2D eigenvalue weighted by atomic mass is 9.92. The minimum Gasteiger partial charge on any atom is -0.342 e. The summed E-state index contributed by atoms with van der Waals surface area (Å²) >= 11 is 0. The molecule has 1 aliphatic rings. The smallest absolute Gasteiger partial charge is 0.227 e. The summed E-state index contributed by atoms with van der Waals surface area (Å²) in [5.41, 5.74) is -0.243. The zero-order valence-electron chi connectivity index (χ0n) is 14.2. The molecular formula is C17H34N2O. The standard InChI is InChI=1S/C17H34N2O/c1-6-8-14(9-7-2)18-15-10-12-19(13-11-15)16(20)17(3,4)5/h14-15,18H,6-13H2,1-5H3. The number of likely N-dealkylation sites (tertiary alicyclic amines) is 1. The Bertz CT molecular complexity index is 282. The predicted octanol–water partition coefficient (Wildman–Crippen LogP) is 3.58. The molecule has 0 unspecified atom stereocenters. The summed E-state index contributed by atoms with van der Waals surface area (Å²) < 4.78 is 0. The summed E-state index contributed by atoms with van der Waals surface area (Å²) in [7, 11) is 0. The van der Waals surface area contributed by atoms with Gasteiger partial charge in [-0.1, -0.05) is 47.5 Å². The van der Waals surface area contributed by atoms with Gasteiger partial charge in [-0.05, 0) is 25.7 Å². The largest absolute Gasteiger partial charge is 0.342 e. The van der Waals surface area contributed by atoms with Crippen LogP contribution in [0, 0.1) is 5.41 Å². The first-order valence-corrected chi connectivity index (χ1v) is 8.43. The van der Waals surface area contributed by atoms with Crippen LogP contribution in [0.3, 0.4) is 0 Å². The number of carbonyl (C=O) groups excluding carboxylic acids is 1. The highest BCUT2D eigenvalue weighted by atomic mass is 16.2. The van der Waals surface area contributed by atoms with Crippen molar-refractivity contribution in [1.29, 1.82) is 0 Å². The third kappa shape index (κ3) is 5.43. The summed E-state index contributed by atoms with van der Waals surface area (Å²) in [6, 6.07) is 1.27. The number of rotatable bonds is 6. The Morgan fingerprint density at radius 3 is 2.05 bits per heavy atom. The lowest BCUT2D eigenvalue weighted by Crippen LogP contribution is -2.50. The molecule has 0 atom stereocenters. The zero-order chi connectivity index (χ0) is 15.2. The van der Waals surface area contributed by atoms with E-state index in [0.717, 1.165) is 25.9 Å². The van der Waals surface area contributed by atoms with Crippen LogP contribution in [0.1, 0.15) is 73.1 Å². The van der Waals surface area contributed by atoms with Crippen molar-refractivity contribution in [2.45, 2.75) is 85.2 Å². The molecule has 0 aliphatic carbocycles. The minimum absolute atomic E-state index is 0.243. The van der Waals surface area contributed by atoms with Gasteiger partial charge in [0, 0.05) is 30.6 Å². The molecule has 0 aromatic carbocycles. The van der Waals surface area contributed by atoms with Crippen LogP contribution < -0.4 is 5.32 Å². The maximum Gasteiger partial charge on any atom is 0.227 e. The minimum atomic E-state index is -0.243. The van der Waals surface area contributed by atoms with Gasteiger partial charge in [-0.25, -0.2) is 0 Å². The van der Waals surface area contributed by atoms with Crippen LogP contribution in [0.5, 0.6) is 0 Å². The highest BCUT2D eigenvalue weighted by Gasteiger charge is 2.30. The maximum absolute atomic E-state index is 12.3. The van der Waals surface area contributed by atoms with Crippen LogP contribution in [0.15, 0.2) is 0 Å². The van der Waals surface area contributed by atoms with Gasteiger partial charge in [0.1, 0.15) is 0 Å². The van der Waals surface area contributed by atoms with Crippen molar-refractivity contribution in [3.8, 4) is 0 Å². The van der Waals surface area contributed by atoms with E-state index < -0.39 is 0 Å². The molecule has 0 spiro atoms. The van der Waals surface area contributed by atoms with Gasteiger partial charge in [0.2, 0.25) is 5.91 Å². The molecule has 0 bridgehead atoms. The van der Waals surface area contributed by atoms with Crippen molar-refractivity contribution in [3.05, 3.63) is 0 Å². The van der Waals surface area contributed by atoms with E-state index in [9.17, 15) is 4.79 Å². The molecular weight excluding hydrogens is 248 g/mol. The van der Waals surface area contributed by atoms with E-state index in [4.69, 9.17) is 0 Å². The molecule has 0 aromatic heterocycles. The quantitative estimate of drug-likeness (QED) is 0.807. The number of piperidine rings is 1. The van der Waals surface area contributed by atoms with E-state index in [1.165, 1.54) is 25.7 Å². The fourth-order valence-corrected chi connectivity index (χ4v) is 3.06. The average Bonchev–Trinajstić information content (AvgIpc) is 2.38. The molecule has 0 radical (unpaired) electrons. The second kappa shape index (κ2) is 8.02. The van der Waals surface area contributed by atoms with Crippen molar-refractivity contribution in [1.82, 2.24) is 10.2 Å². The molecule has 20 heavy (non-hydrogen) atoms. The van der Waals surface area contributed by atoms with Gasteiger partial charge in [-0.2, -0.15) is 0 Å². The van der Waals surface area contributed by atoms with Gasteiger partial charge in [-0.3, -0.25) is 4.79 Å². The third-order valence-electron chi connectivity index (χ3n) is 4.17. The van der Waals surface area contributed by atoms with Gasteiger partial charge in [0.25, 0.3) is 0 Å². The van der Waals surface area contributed by atoms with E-state index in [0.29, 0.717) is 18.0 Å². The Balaban J connectivity index is 2.40. The van der Waals surface area contributed by atoms with Crippen molar-refractivity contribution in [2.24, 2.45) is 5.41 Å². The first-order valence-electron chi connectivity index (χ1n) is 8.43. The number of amides is 1. The summed E-state index contributed by atoms with van der Waals surface area (Å²) in [5.74, 6) is 0.301. The number of carbonyl (C=O) groups is 1. The SMILES string of the molecule is CCCC(CCC)NC1CCN(C(=O)C(C)(C)C)CC1. The topological polar surface area (TPSA) is 32.3 Å². The Labute approximate surface area is 125 Å². The zero-order valence-corrected chi connectivity index (χ0v) is 14.2. The van der Waals surface area contributed by atoms with Crippen molar-refractivity contribution in [3.63, 3.8) is 0 Å². The highest BCUT2D eigenvalue weighted by molar-refractivity contribution is 5.81. The molecule has 0 saturated carbocycles. The number of nitrogens with one attached hydrogen (secondary N) is 1. The van der Waals surface area contributed by atoms with E-state index in [1.807, 2.05) is 25.7 Å². The van der Waals surface area contributed by atoms with Crippen LogP contribution in [-0.2, 0) is 4.79 Å². The van der Waals surface area contributed by atoms with Crippen molar-refractivity contribution in [2.75, 3.05) is 13.1 Å². The maximum atomic E-state index is 12.3. The third-order valence-corrected chi connectivity index (χ3v) is 4.17. The molecule has 1 rings (SSSR count). The number of hydrogen-bond donors (Lipinski definition) is 1. The fourth-order valence-electron chi connectivity index (χ4n) is 3.06. The molecule has 3 nitrogen and oxygen atoms in total. The molecule has 1 fully saturated rings. The molecule has 1 amide bonds. The normalized spacial score (nSPS) is 17.8. The molecule has 1 heterocycles. The van der Waals surface area contributed by atoms with Gasteiger partial charge in [-0.15, -0.1) is 0 Å². The van der Waals surface area contributed by atoms with Crippen LogP contribution in [-0.4, -0.2) is 36.0 Å². The monoisotopic (exact) mass is 282 g/mol. The van der Waals surface area contributed by atoms with Gasteiger partial charge in [0.15, 0.2) is 0 Å². The van der Waals surface area contributed by atoms with Crippen LogP contribution in [0.4, 0.5) is 0 Å². The van der Waals surface area contributed by atoms with E-state index >= 15 is 0 Å². The summed E-state index contributed by atoms with van der Waals surface area (Å²) in [6.07, 6.45) is 7.25. The molecule has 1 aliphatic heterocycles. The number of hydrogen-bond acceptors (Lipinski definition) is 2.